The Morgan fingerprint density at radius 1 is 1.32 bits per heavy atom. The summed E-state index contributed by atoms with van der Waals surface area (Å²) in [6.07, 6.45) is -8.03. The van der Waals surface area contributed by atoms with Gasteiger partial charge in [-0.05, 0) is 32.0 Å². The van der Waals surface area contributed by atoms with Gasteiger partial charge in [-0.15, -0.1) is 0 Å². The first-order chi connectivity index (χ1) is 11.6. The average molecular weight is 362 g/mol. The van der Waals surface area contributed by atoms with Crippen molar-refractivity contribution in [2.24, 2.45) is 0 Å². The third-order valence-corrected chi connectivity index (χ3v) is 3.92. The van der Waals surface area contributed by atoms with Crippen molar-refractivity contribution in [1.82, 2.24) is 0 Å². The van der Waals surface area contributed by atoms with Crippen LogP contribution in [0.2, 0.25) is 0 Å². The van der Waals surface area contributed by atoms with Crippen LogP contribution < -0.4 is 0 Å². The zero-order valence-corrected chi connectivity index (χ0v) is 13.4. The number of benzene rings is 1. The Labute approximate surface area is 141 Å². The molecular weight excluding hydrogens is 345 g/mol. The molecule has 0 aromatic heterocycles. The lowest BCUT2D eigenvalue weighted by Gasteiger charge is -2.22. The summed E-state index contributed by atoms with van der Waals surface area (Å²) in [7, 11) is 0. The molecule has 0 bridgehead atoms. The van der Waals surface area contributed by atoms with Crippen LogP contribution in [0.5, 0.6) is 0 Å². The minimum atomic E-state index is -4.56. The number of alkyl halides is 3. The van der Waals surface area contributed by atoms with E-state index in [2.05, 4.69) is 0 Å². The third-order valence-electron chi connectivity index (χ3n) is 3.92. The highest BCUT2D eigenvalue weighted by atomic mass is 19.4. The predicted octanol–water partition coefficient (Wildman–Crippen LogP) is 2.10. The number of halogens is 3. The van der Waals surface area contributed by atoms with Gasteiger partial charge in [-0.3, -0.25) is 0 Å². The van der Waals surface area contributed by atoms with Crippen molar-refractivity contribution in [1.29, 1.82) is 0 Å². The molecule has 1 aromatic rings. The van der Waals surface area contributed by atoms with E-state index in [1.807, 2.05) is 0 Å². The number of hydrogen-bond donors (Lipinski definition) is 1. The Morgan fingerprint density at radius 2 is 2.04 bits per heavy atom. The first-order valence-electron chi connectivity index (χ1n) is 7.60. The van der Waals surface area contributed by atoms with E-state index in [0.29, 0.717) is 6.07 Å². The molecule has 1 N–H and O–H groups in total. The van der Waals surface area contributed by atoms with Gasteiger partial charge in [0.1, 0.15) is 24.9 Å². The quantitative estimate of drug-likeness (QED) is 0.830. The van der Waals surface area contributed by atoms with Gasteiger partial charge in [-0.2, -0.15) is 13.2 Å². The van der Waals surface area contributed by atoms with Crippen LogP contribution in [0.1, 0.15) is 29.8 Å². The minimum Gasteiger partial charge on any atom is -0.459 e. The lowest BCUT2D eigenvalue weighted by atomic mass is 10.1. The van der Waals surface area contributed by atoms with E-state index in [-0.39, 0.29) is 12.2 Å². The number of rotatable bonds is 3. The van der Waals surface area contributed by atoms with Crippen LogP contribution >= 0.6 is 0 Å². The van der Waals surface area contributed by atoms with E-state index in [1.165, 1.54) is 6.07 Å². The Morgan fingerprint density at radius 3 is 2.68 bits per heavy atom. The summed E-state index contributed by atoms with van der Waals surface area (Å²) in [6.45, 7) is 3.00. The molecular formula is C16H17F3O6. The summed E-state index contributed by atoms with van der Waals surface area (Å²) in [6, 6.07) is 3.90. The van der Waals surface area contributed by atoms with Crippen LogP contribution in [-0.2, 0) is 25.1 Å². The van der Waals surface area contributed by atoms with Crippen LogP contribution in [0.15, 0.2) is 24.3 Å². The van der Waals surface area contributed by atoms with Crippen molar-refractivity contribution >= 4 is 5.97 Å². The molecule has 9 heteroatoms. The molecule has 0 amide bonds. The first kappa shape index (κ1) is 18.1. The van der Waals surface area contributed by atoms with Crippen LogP contribution in [0.25, 0.3) is 0 Å². The average Bonchev–Trinajstić information content (AvgIpc) is 2.97. The molecule has 2 aliphatic rings. The Kier molecular flexibility index (Phi) is 4.52. The first-order valence-corrected chi connectivity index (χ1v) is 7.60. The summed E-state index contributed by atoms with van der Waals surface area (Å²) in [5, 5.41) is 10.2. The second-order valence-corrected chi connectivity index (χ2v) is 6.31. The largest absolute Gasteiger partial charge is 0.459 e. The standard InChI is InChI=1S/C16H17F3O6/c1-15(2)24-12-11(20)10(23-14(12)25-15)7-22-13(21)8-4-3-5-9(6-8)16(17,18)19/h3-6,10-12,14,20H,7H2,1-2H3/t10-,11-,12-,14-/m1/s1. The lowest BCUT2D eigenvalue weighted by molar-refractivity contribution is -0.218. The lowest BCUT2D eigenvalue weighted by Crippen LogP contribution is -2.37. The van der Waals surface area contributed by atoms with E-state index >= 15 is 0 Å². The molecule has 0 radical (unpaired) electrons. The van der Waals surface area contributed by atoms with E-state index in [4.69, 9.17) is 18.9 Å². The summed E-state index contributed by atoms with van der Waals surface area (Å²) in [5.41, 5.74) is -1.19. The van der Waals surface area contributed by atoms with Crippen molar-refractivity contribution < 1.29 is 42.0 Å². The number of aliphatic hydroxyl groups is 1. The smallest absolute Gasteiger partial charge is 0.416 e. The molecule has 4 atom stereocenters. The maximum atomic E-state index is 12.7. The third kappa shape index (κ3) is 3.79. The maximum absolute atomic E-state index is 12.7. The predicted molar refractivity (Wildman–Crippen MR) is 76.4 cm³/mol. The Hall–Kier alpha value is -1.68. The minimum absolute atomic E-state index is 0.240. The molecule has 0 aliphatic carbocycles. The van der Waals surface area contributed by atoms with Gasteiger partial charge in [0.25, 0.3) is 0 Å². The SMILES string of the molecule is CC1(C)O[C@H]2O[C@H](COC(=O)c3cccc(C(F)(F)F)c3)[C@@H](O)[C@H]2O1. The van der Waals surface area contributed by atoms with Crippen LogP contribution in [0.4, 0.5) is 13.2 Å². The molecule has 2 aliphatic heterocycles. The second-order valence-electron chi connectivity index (χ2n) is 6.31. The normalized spacial score (nSPS) is 31.0. The van der Waals surface area contributed by atoms with Gasteiger partial charge in [0.15, 0.2) is 12.1 Å². The van der Waals surface area contributed by atoms with Gasteiger partial charge in [-0.1, -0.05) is 6.07 Å². The van der Waals surface area contributed by atoms with Crippen molar-refractivity contribution in [2.75, 3.05) is 6.61 Å². The zero-order valence-electron chi connectivity index (χ0n) is 13.4. The van der Waals surface area contributed by atoms with Crippen molar-refractivity contribution in [3.63, 3.8) is 0 Å². The van der Waals surface area contributed by atoms with Crippen molar-refractivity contribution in [3.05, 3.63) is 35.4 Å². The Bertz CT molecular complexity index is 660. The molecule has 0 saturated carbocycles. The molecule has 25 heavy (non-hydrogen) atoms. The van der Waals surface area contributed by atoms with Gasteiger partial charge in [0.2, 0.25) is 0 Å². The summed E-state index contributed by atoms with van der Waals surface area (Å²) < 4.78 is 59.4. The molecule has 2 heterocycles. The molecule has 2 fully saturated rings. The van der Waals surface area contributed by atoms with Gasteiger partial charge in [0, 0.05) is 0 Å². The number of esters is 1. The molecule has 1 aromatic carbocycles. The van der Waals surface area contributed by atoms with Crippen LogP contribution in [0.3, 0.4) is 0 Å². The topological polar surface area (TPSA) is 74.2 Å². The number of ether oxygens (including phenoxy) is 4. The number of carbonyl (C=O) groups excluding carboxylic acids is 1. The highest BCUT2D eigenvalue weighted by Gasteiger charge is 2.54. The molecule has 0 unspecified atom stereocenters. The van der Waals surface area contributed by atoms with E-state index in [0.717, 1.165) is 12.1 Å². The fraction of sp³-hybridized carbons (Fsp3) is 0.562. The fourth-order valence-electron chi connectivity index (χ4n) is 2.76. The number of hydrogen-bond acceptors (Lipinski definition) is 6. The van der Waals surface area contributed by atoms with Gasteiger partial charge >= 0.3 is 12.1 Å². The van der Waals surface area contributed by atoms with Crippen LogP contribution in [0, 0.1) is 0 Å². The maximum Gasteiger partial charge on any atom is 0.416 e. The molecule has 3 rings (SSSR count). The fourth-order valence-corrected chi connectivity index (χ4v) is 2.76. The second kappa shape index (κ2) is 6.24. The van der Waals surface area contributed by atoms with E-state index < -0.39 is 48.1 Å². The molecule has 2 saturated heterocycles. The van der Waals surface area contributed by atoms with Crippen molar-refractivity contribution in [2.45, 2.75) is 50.4 Å². The summed E-state index contributed by atoms with van der Waals surface area (Å²) >= 11 is 0. The number of fused-ring (bicyclic) bond motifs is 1. The van der Waals surface area contributed by atoms with Gasteiger partial charge in [0.05, 0.1) is 11.1 Å². The van der Waals surface area contributed by atoms with Crippen LogP contribution in [-0.4, -0.2) is 48.1 Å². The number of carbonyl (C=O) groups is 1. The summed E-state index contributed by atoms with van der Waals surface area (Å²) in [5.74, 6) is -1.84. The zero-order chi connectivity index (χ0) is 18.4. The van der Waals surface area contributed by atoms with Gasteiger partial charge < -0.3 is 24.1 Å². The Balaban J connectivity index is 1.59. The monoisotopic (exact) mass is 362 g/mol. The highest BCUT2D eigenvalue weighted by molar-refractivity contribution is 5.89. The molecule has 6 nitrogen and oxygen atoms in total. The number of aliphatic hydroxyl groups excluding tert-OH is 1. The molecule has 138 valence electrons. The summed E-state index contributed by atoms with van der Waals surface area (Å²) in [4.78, 5) is 11.9. The molecule has 0 spiro atoms. The van der Waals surface area contributed by atoms with Crippen molar-refractivity contribution in [3.8, 4) is 0 Å². The van der Waals surface area contributed by atoms with Gasteiger partial charge in [-0.25, -0.2) is 4.79 Å². The van der Waals surface area contributed by atoms with E-state index in [9.17, 15) is 23.1 Å². The van der Waals surface area contributed by atoms with E-state index in [1.54, 1.807) is 13.8 Å². The highest BCUT2D eigenvalue weighted by Crippen LogP contribution is 2.37.